The molecule has 0 bridgehead atoms. The Balaban J connectivity index is 4.40. The highest BCUT2D eigenvalue weighted by Crippen LogP contribution is 2.14. The molecule has 0 aliphatic heterocycles. The zero-order valence-corrected chi connectivity index (χ0v) is 41.8. The molecule has 0 aromatic heterocycles. The van der Waals surface area contributed by atoms with Gasteiger partial charge in [-0.1, -0.05) is 217 Å². The first-order valence-corrected chi connectivity index (χ1v) is 27.1. The molecule has 0 aliphatic rings. The van der Waals surface area contributed by atoms with Crippen molar-refractivity contribution in [1.29, 1.82) is 0 Å². The number of rotatable bonds is 49. The number of esters is 3. The largest absolute Gasteiger partial charge is 0.462 e. The van der Waals surface area contributed by atoms with Crippen LogP contribution in [0.3, 0.4) is 0 Å². The molecular formula is C57H102O6. The van der Waals surface area contributed by atoms with Crippen molar-refractivity contribution in [3.8, 4) is 0 Å². The van der Waals surface area contributed by atoms with Gasteiger partial charge in [-0.2, -0.15) is 0 Å². The molecule has 1 atom stereocenters. The molecule has 0 aliphatic carbocycles. The van der Waals surface area contributed by atoms with E-state index in [1.54, 1.807) is 0 Å². The summed E-state index contributed by atoms with van der Waals surface area (Å²) in [5.74, 6) is -0.983. The van der Waals surface area contributed by atoms with Crippen molar-refractivity contribution in [2.45, 2.75) is 284 Å². The minimum absolute atomic E-state index is 0.101. The summed E-state index contributed by atoms with van der Waals surface area (Å²) in [6.07, 6.45) is 62.6. The van der Waals surface area contributed by atoms with E-state index >= 15 is 0 Å². The number of ether oxygens (including phenoxy) is 3. The second-order valence-electron chi connectivity index (χ2n) is 18.1. The summed E-state index contributed by atoms with van der Waals surface area (Å²) in [5.41, 5.74) is 0. The fourth-order valence-corrected chi connectivity index (χ4v) is 7.66. The highest BCUT2D eigenvalue weighted by atomic mass is 16.6. The predicted molar refractivity (Wildman–Crippen MR) is 270 cm³/mol. The van der Waals surface area contributed by atoms with Gasteiger partial charge in [0.15, 0.2) is 6.10 Å². The summed E-state index contributed by atoms with van der Waals surface area (Å²) in [4.78, 5) is 37.9. The molecule has 0 N–H and O–H groups in total. The van der Waals surface area contributed by atoms with Crippen LogP contribution in [0.2, 0.25) is 0 Å². The van der Waals surface area contributed by atoms with E-state index in [2.05, 4.69) is 63.3 Å². The molecule has 0 aromatic rings. The second kappa shape index (κ2) is 52.0. The van der Waals surface area contributed by atoms with Crippen LogP contribution in [0.15, 0.2) is 48.6 Å². The van der Waals surface area contributed by atoms with Crippen molar-refractivity contribution in [1.82, 2.24) is 0 Å². The van der Waals surface area contributed by atoms with E-state index in [0.717, 1.165) is 64.2 Å². The lowest BCUT2D eigenvalue weighted by molar-refractivity contribution is -0.166. The Morgan fingerprint density at radius 3 is 0.968 bits per heavy atom. The van der Waals surface area contributed by atoms with Crippen LogP contribution in [-0.2, 0) is 28.6 Å². The molecular weight excluding hydrogens is 781 g/mol. The first kappa shape index (κ1) is 60.4. The minimum atomic E-state index is -0.809. The van der Waals surface area contributed by atoms with E-state index in [1.165, 1.54) is 167 Å². The molecule has 366 valence electrons. The van der Waals surface area contributed by atoms with Gasteiger partial charge in [-0.3, -0.25) is 14.4 Å². The van der Waals surface area contributed by atoms with Gasteiger partial charge in [-0.25, -0.2) is 0 Å². The van der Waals surface area contributed by atoms with Gasteiger partial charge in [0.25, 0.3) is 0 Å². The van der Waals surface area contributed by atoms with Crippen molar-refractivity contribution in [3.05, 3.63) is 48.6 Å². The second-order valence-corrected chi connectivity index (χ2v) is 18.1. The Hall–Kier alpha value is -2.63. The van der Waals surface area contributed by atoms with Crippen LogP contribution in [0.4, 0.5) is 0 Å². The highest BCUT2D eigenvalue weighted by Gasteiger charge is 2.19. The summed E-state index contributed by atoms with van der Waals surface area (Å²) >= 11 is 0. The van der Waals surface area contributed by atoms with Gasteiger partial charge in [0.2, 0.25) is 0 Å². The van der Waals surface area contributed by atoms with E-state index in [9.17, 15) is 14.4 Å². The summed E-state index contributed by atoms with van der Waals surface area (Å²) in [6.45, 7) is 6.57. The molecule has 0 amide bonds. The van der Waals surface area contributed by atoms with Crippen LogP contribution in [0, 0.1) is 0 Å². The molecule has 0 spiro atoms. The highest BCUT2D eigenvalue weighted by molar-refractivity contribution is 5.71. The number of unbranched alkanes of at least 4 members (excludes halogenated alkanes) is 30. The SMILES string of the molecule is CCCCCCCC/C=C/C/C=C/CCC(=O)OC(COC(=O)CCCCC/C=C/CCCCCCCC)COC(=O)CCCCCCCCC/C=C/CCCCCCCCCC. The molecule has 6 heteroatoms. The fourth-order valence-electron chi connectivity index (χ4n) is 7.66. The van der Waals surface area contributed by atoms with Crippen molar-refractivity contribution >= 4 is 17.9 Å². The maximum absolute atomic E-state index is 12.8. The smallest absolute Gasteiger partial charge is 0.306 e. The van der Waals surface area contributed by atoms with Gasteiger partial charge in [0, 0.05) is 19.3 Å². The van der Waals surface area contributed by atoms with E-state index in [4.69, 9.17) is 14.2 Å². The van der Waals surface area contributed by atoms with Gasteiger partial charge in [0.05, 0.1) is 0 Å². The number of carbonyl (C=O) groups is 3. The molecule has 0 aromatic carbocycles. The van der Waals surface area contributed by atoms with Crippen molar-refractivity contribution in [2.75, 3.05) is 13.2 Å². The molecule has 6 nitrogen and oxygen atoms in total. The van der Waals surface area contributed by atoms with E-state index in [1.807, 2.05) is 6.08 Å². The van der Waals surface area contributed by atoms with Gasteiger partial charge < -0.3 is 14.2 Å². The summed E-state index contributed by atoms with van der Waals surface area (Å²) in [7, 11) is 0. The van der Waals surface area contributed by atoms with Crippen molar-refractivity contribution in [2.24, 2.45) is 0 Å². The molecule has 0 rings (SSSR count). The topological polar surface area (TPSA) is 78.9 Å². The van der Waals surface area contributed by atoms with Gasteiger partial charge >= 0.3 is 17.9 Å². The van der Waals surface area contributed by atoms with Crippen LogP contribution >= 0.6 is 0 Å². The van der Waals surface area contributed by atoms with Crippen molar-refractivity contribution in [3.63, 3.8) is 0 Å². The maximum atomic E-state index is 12.8. The normalized spacial score (nSPS) is 12.4. The average Bonchev–Trinajstić information content (AvgIpc) is 3.28. The predicted octanol–water partition coefficient (Wildman–Crippen LogP) is 17.9. The summed E-state index contributed by atoms with van der Waals surface area (Å²) in [5, 5.41) is 0. The Morgan fingerprint density at radius 2 is 0.603 bits per heavy atom. The van der Waals surface area contributed by atoms with Crippen LogP contribution < -0.4 is 0 Å². The Morgan fingerprint density at radius 1 is 0.317 bits per heavy atom. The zero-order chi connectivity index (χ0) is 45.8. The Labute approximate surface area is 390 Å². The fraction of sp³-hybridized carbons (Fsp3) is 0.807. The molecule has 0 saturated heterocycles. The monoisotopic (exact) mass is 883 g/mol. The zero-order valence-electron chi connectivity index (χ0n) is 41.8. The Bertz CT molecular complexity index is 1110. The molecule has 63 heavy (non-hydrogen) atoms. The number of hydrogen-bond donors (Lipinski definition) is 0. The standard InChI is InChI=1S/C57H102O6/c1-4-7-10-13-16-19-22-25-26-27-28-29-30-33-35-38-41-44-47-50-56(59)62-53-54(63-57(60)51-48-45-42-39-36-32-24-21-18-15-12-9-6-3)52-61-55(58)49-46-43-40-37-34-31-23-20-17-14-11-8-5-2/h27-28,31-32,34,36,42,45,54H,4-26,29-30,33,35,37-41,43-44,46-53H2,1-3H3/b28-27+,34-31+,36-32+,45-42+. The Kier molecular flexibility index (Phi) is 49.8. The molecule has 0 radical (unpaired) electrons. The van der Waals surface area contributed by atoms with Gasteiger partial charge in [-0.15, -0.1) is 0 Å². The van der Waals surface area contributed by atoms with Crippen LogP contribution in [0.25, 0.3) is 0 Å². The third-order valence-corrected chi connectivity index (χ3v) is 11.8. The maximum Gasteiger partial charge on any atom is 0.306 e. The quantitative estimate of drug-likeness (QED) is 0.0262. The molecule has 0 saturated carbocycles. The average molecular weight is 883 g/mol. The summed E-state index contributed by atoms with van der Waals surface area (Å²) < 4.78 is 16.7. The van der Waals surface area contributed by atoms with E-state index in [0.29, 0.717) is 19.3 Å². The van der Waals surface area contributed by atoms with Gasteiger partial charge in [-0.05, 0) is 89.9 Å². The lowest BCUT2D eigenvalue weighted by atomic mass is 10.1. The van der Waals surface area contributed by atoms with Gasteiger partial charge in [0.1, 0.15) is 13.2 Å². The van der Waals surface area contributed by atoms with E-state index in [-0.39, 0.29) is 37.5 Å². The molecule has 0 fully saturated rings. The molecule has 1 unspecified atom stereocenters. The minimum Gasteiger partial charge on any atom is -0.462 e. The van der Waals surface area contributed by atoms with Crippen molar-refractivity contribution < 1.29 is 28.6 Å². The number of hydrogen-bond acceptors (Lipinski definition) is 6. The van der Waals surface area contributed by atoms with E-state index < -0.39 is 6.10 Å². The molecule has 0 heterocycles. The number of allylic oxidation sites excluding steroid dienone is 8. The third-order valence-electron chi connectivity index (χ3n) is 11.8. The first-order chi connectivity index (χ1) is 31.0. The lowest BCUT2D eigenvalue weighted by Crippen LogP contribution is -2.30. The van der Waals surface area contributed by atoms with Crippen LogP contribution in [-0.4, -0.2) is 37.2 Å². The number of carbonyl (C=O) groups excluding carboxylic acids is 3. The summed E-state index contributed by atoms with van der Waals surface area (Å²) in [6, 6.07) is 0. The first-order valence-electron chi connectivity index (χ1n) is 27.1. The lowest BCUT2D eigenvalue weighted by Gasteiger charge is -2.18. The van der Waals surface area contributed by atoms with Crippen LogP contribution in [0.5, 0.6) is 0 Å². The van der Waals surface area contributed by atoms with Crippen LogP contribution in [0.1, 0.15) is 278 Å². The third kappa shape index (κ3) is 50.2.